The van der Waals surface area contributed by atoms with Crippen molar-refractivity contribution < 1.29 is 79.5 Å². The van der Waals surface area contributed by atoms with Crippen LogP contribution in [0.15, 0.2) is 119 Å². The molecule has 2 aliphatic heterocycles. The number of ketones is 2. The minimum Gasteiger partial charge on any atom is -0.481 e. The molecule has 2 saturated heterocycles. The van der Waals surface area contributed by atoms with Crippen molar-refractivity contribution in [2.24, 2.45) is 0 Å². The molecule has 6 heterocycles. The van der Waals surface area contributed by atoms with Crippen LogP contribution in [-0.4, -0.2) is 102 Å². The van der Waals surface area contributed by atoms with Crippen molar-refractivity contribution >= 4 is 31.6 Å². The number of benzene rings is 2. The van der Waals surface area contributed by atoms with Gasteiger partial charge in [-0.25, -0.2) is 44.4 Å². The average Bonchev–Trinajstić information content (AvgIpc) is 3.98. The number of ether oxygens (including phenoxy) is 1. The fraction of sp³-hybridized carbons (Fsp3) is 0.306. The van der Waals surface area contributed by atoms with Gasteiger partial charge in [-0.3, -0.25) is 19.6 Å². The fourth-order valence-electron chi connectivity index (χ4n) is 8.22. The molecule has 0 saturated carbocycles. The SMILES string of the molecule is COc1cc(-c2ccc(C(F)(F)F)nc2)cc(CCC(=O)[C@@H]2C[C@@H](F)CN2S(=O)(=O)c2ccc(F)cc2)n1.O=C(CCc1cc(-c2ccc(C(F)(F)F)nc2)cc(F)n1)[C@@H]1C[C@@H](F)CN1S(=O)(=O)c1ccc(F)cc1. The van der Waals surface area contributed by atoms with Gasteiger partial charge in [-0.2, -0.15) is 39.3 Å². The molecule has 4 aromatic heterocycles. The van der Waals surface area contributed by atoms with E-state index in [-0.39, 0.29) is 71.0 Å². The van der Waals surface area contributed by atoms with Crippen LogP contribution in [0.5, 0.6) is 5.88 Å². The van der Waals surface area contributed by atoms with Gasteiger partial charge in [0.15, 0.2) is 11.6 Å². The molecule has 398 valence electrons. The van der Waals surface area contributed by atoms with Gasteiger partial charge in [-0.1, -0.05) is 12.1 Å². The number of hydrogen-bond acceptors (Lipinski definition) is 11. The Balaban J connectivity index is 0.000000219. The largest absolute Gasteiger partial charge is 0.481 e. The number of aryl methyl sites for hydroxylation is 2. The van der Waals surface area contributed by atoms with E-state index in [0.29, 0.717) is 16.8 Å². The lowest BCUT2D eigenvalue weighted by Crippen LogP contribution is -2.40. The average molecular weight is 1100 g/mol. The number of rotatable bonds is 15. The van der Waals surface area contributed by atoms with Crippen molar-refractivity contribution in [2.45, 2.75) is 85.1 Å². The predicted molar refractivity (Wildman–Crippen MR) is 245 cm³/mol. The summed E-state index contributed by atoms with van der Waals surface area (Å²) in [6.45, 7) is -1.04. The minimum absolute atomic E-state index is 0.0367. The first-order valence-corrected chi connectivity index (χ1v) is 25.3. The normalized spacial score (nSPS) is 18.6. The van der Waals surface area contributed by atoms with Crippen LogP contribution >= 0.6 is 0 Å². The summed E-state index contributed by atoms with van der Waals surface area (Å²) in [6.07, 6.45) is -11.6. The van der Waals surface area contributed by atoms with Crippen LogP contribution in [0.25, 0.3) is 22.3 Å². The van der Waals surface area contributed by atoms with Crippen LogP contribution in [-0.2, 0) is 54.8 Å². The maximum Gasteiger partial charge on any atom is 0.433 e. The lowest BCUT2D eigenvalue weighted by molar-refractivity contribution is -0.141. The molecule has 26 heteroatoms. The van der Waals surface area contributed by atoms with Crippen molar-refractivity contribution in [2.75, 3.05) is 20.2 Å². The van der Waals surface area contributed by atoms with Crippen molar-refractivity contribution in [1.82, 2.24) is 28.5 Å². The van der Waals surface area contributed by atoms with Gasteiger partial charge in [0, 0.05) is 85.8 Å². The maximum absolute atomic E-state index is 14.3. The topological polar surface area (TPSA) is 170 Å². The van der Waals surface area contributed by atoms with E-state index in [1.165, 1.54) is 25.3 Å². The molecule has 0 spiro atoms. The molecule has 2 fully saturated rings. The molecule has 0 N–H and O–H groups in total. The molecular weight excluding hydrogens is 1060 g/mol. The monoisotopic (exact) mass is 1100 g/mol. The lowest BCUT2D eigenvalue weighted by Gasteiger charge is -2.22. The molecule has 0 aliphatic carbocycles. The van der Waals surface area contributed by atoms with E-state index in [1.807, 2.05) is 0 Å². The summed E-state index contributed by atoms with van der Waals surface area (Å²) in [5, 5.41) is 0. The molecule has 2 aliphatic rings. The maximum atomic E-state index is 14.3. The number of pyridine rings is 4. The Labute approximate surface area is 421 Å². The molecule has 2 aromatic carbocycles. The number of carbonyl (C=O) groups is 2. The lowest BCUT2D eigenvalue weighted by atomic mass is 10.0. The molecule has 6 aromatic rings. The van der Waals surface area contributed by atoms with Gasteiger partial charge in [-0.15, -0.1) is 0 Å². The van der Waals surface area contributed by atoms with E-state index in [2.05, 4.69) is 19.9 Å². The van der Waals surface area contributed by atoms with Crippen LogP contribution in [0.1, 0.15) is 48.5 Å². The Morgan fingerprint density at radius 3 is 1.35 bits per heavy atom. The van der Waals surface area contributed by atoms with Crippen LogP contribution in [0.4, 0.5) is 48.3 Å². The van der Waals surface area contributed by atoms with Gasteiger partial charge >= 0.3 is 12.4 Å². The number of Topliss-reactive ketones (excluding diaryl/α,β-unsaturated/α-hetero) is 2. The van der Waals surface area contributed by atoms with Gasteiger partial charge in [0.25, 0.3) is 0 Å². The summed E-state index contributed by atoms with van der Waals surface area (Å²) in [4.78, 5) is 40.1. The van der Waals surface area contributed by atoms with E-state index in [9.17, 15) is 74.7 Å². The molecule has 0 amide bonds. The number of halogens is 11. The summed E-state index contributed by atoms with van der Waals surface area (Å²) in [6, 6.07) is 14.8. The van der Waals surface area contributed by atoms with Crippen molar-refractivity contribution in [3.05, 3.63) is 150 Å². The van der Waals surface area contributed by atoms with Crippen molar-refractivity contribution in [3.63, 3.8) is 0 Å². The van der Waals surface area contributed by atoms with E-state index in [4.69, 9.17) is 4.74 Å². The molecule has 13 nitrogen and oxygen atoms in total. The third kappa shape index (κ3) is 13.6. The Bertz CT molecular complexity index is 3250. The summed E-state index contributed by atoms with van der Waals surface area (Å²) >= 11 is 0. The highest BCUT2D eigenvalue weighted by atomic mass is 32.2. The molecule has 0 bridgehead atoms. The first-order chi connectivity index (χ1) is 35.2. The second-order valence-electron chi connectivity index (χ2n) is 17.1. The zero-order valence-electron chi connectivity index (χ0n) is 38.9. The van der Waals surface area contributed by atoms with Gasteiger partial charge in [0.05, 0.1) is 29.0 Å². The second kappa shape index (κ2) is 22.6. The minimum atomic E-state index is -4.63. The molecular formula is C49H41F11N6O7S2. The highest BCUT2D eigenvalue weighted by Crippen LogP contribution is 2.34. The van der Waals surface area contributed by atoms with Gasteiger partial charge in [0.1, 0.15) is 35.4 Å². The smallest absolute Gasteiger partial charge is 0.433 e. The molecule has 0 unspecified atom stereocenters. The first kappa shape index (κ1) is 56.0. The zero-order valence-corrected chi connectivity index (χ0v) is 40.5. The summed E-state index contributed by atoms with van der Waals surface area (Å²) < 4.78 is 205. The van der Waals surface area contributed by atoms with Crippen molar-refractivity contribution in [1.29, 1.82) is 0 Å². The van der Waals surface area contributed by atoms with Gasteiger partial charge < -0.3 is 4.74 Å². The molecule has 8 rings (SSSR count). The standard InChI is InChI=1S/C25H22F5N3O4S.C24H19F6N3O3S/c1-37-24-11-16(15-2-9-23(31-13-15)25(28,29)30)10-19(32-24)5-8-22(34)21-12-18(27)14-33(21)38(35,36)20-6-3-17(26)4-7-20;25-16-2-5-19(6-3-16)37(35,36)33-13-17(26)11-20(33)21(34)7-4-18-9-15(10-23(27)32-18)14-1-8-22(31-12-14)24(28,29)30/h2-4,6-7,9-11,13,18,21H,5,8,12,14H2,1H3;1-3,5-6,8-10,12,17,20H,4,7,11,13H2/t18-,21+;17-,20+/m11/s1. The quantitative estimate of drug-likeness (QED) is 0.0710. The Kier molecular flexibility index (Phi) is 16.9. The number of sulfonamides is 2. The summed E-state index contributed by atoms with van der Waals surface area (Å²) in [5.74, 6) is -3.24. The third-order valence-corrected chi connectivity index (χ3v) is 15.7. The van der Waals surface area contributed by atoms with E-state index in [0.717, 1.165) is 93.8 Å². The molecule has 75 heavy (non-hydrogen) atoms. The van der Waals surface area contributed by atoms with Crippen LogP contribution in [0, 0.1) is 17.6 Å². The highest BCUT2D eigenvalue weighted by Gasteiger charge is 2.45. The summed E-state index contributed by atoms with van der Waals surface area (Å²) in [7, 11) is -7.18. The second-order valence-corrected chi connectivity index (χ2v) is 20.9. The zero-order chi connectivity index (χ0) is 54.6. The van der Waals surface area contributed by atoms with Crippen LogP contribution in [0.3, 0.4) is 0 Å². The number of alkyl halides is 8. The Hall–Kier alpha value is -6.77. The van der Waals surface area contributed by atoms with Gasteiger partial charge in [-0.05, 0) is 96.8 Å². The number of hydrogen-bond donors (Lipinski definition) is 0. The highest BCUT2D eigenvalue weighted by molar-refractivity contribution is 7.89. The number of aromatic nitrogens is 4. The fourth-order valence-corrected chi connectivity index (χ4v) is 11.5. The van der Waals surface area contributed by atoms with E-state index in [1.54, 1.807) is 6.07 Å². The van der Waals surface area contributed by atoms with Crippen molar-refractivity contribution in [3.8, 4) is 28.1 Å². The number of methoxy groups -OCH3 is 1. The van der Waals surface area contributed by atoms with E-state index < -0.39 is 110 Å². The van der Waals surface area contributed by atoms with Crippen LogP contribution in [0.2, 0.25) is 0 Å². The van der Waals surface area contributed by atoms with Crippen LogP contribution < -0.4 is 4.74 Å². The Morgan fingerprint density at radius 1 is 0.573 bits per heavy atom. The molecule has 4 atom stereocenters. The molecule has 0 radical (unpaired) electrons. The summed E-state index contributed by atoms with van der Waals surface area (Å²) in [5.41, 5.74) is -0.530. The third-order valence-electron chi connectivity index (χ3n) is 11.9. The number of nitrogens with zero attached hydrogens (tertiary/aromatic N) is 6. The van der Waals surface area contributed by atoms with Gasteiger partial charge in [0.2, 0.25) is 31.9 Å². The Morgan fingerprint density at radius 2 is 0.973 bits per heavy atom. The van der Waals surface area contributed by atoms with E-state index >= 15 is 0 Å². The number of carbonyl (C=O) groups excluding carboxylic acids is 2. The first-order valence-electron chi connectivity index (χ1n) is 22.4. The predicted octanol–water partition coefficient (Wildman–Crippen LogP) is 9.36.